The van der Waals surface area contributed by atoms with Crippen LogP contribution in [0.3, 0.4) is 0 Å². The molecule has 14 heavy (non-hydrogen) atoms. The van der Waals surface area contributed by atoms with Crippen molar-refractivity contribution >= 4 is 0 Å². The number of halogens is 3. The zero-order valence-electron chi connectivity index (χ0n) is 7.55. The van der Waals surface area contributed by atoms with E-state index in [9.17, 15) is 18.3 Å². The molecular formula is C8H12F3NO2. The second-order valence-electron chi connectivity index (χ2n) is 3.97. The lowest BCUT2D eigenvalue weighted by Gasteiger charge is -2.25. The first kappa shape index (κ1) is 10.2. The Morgan fingerprint density at radius 2 is 2.14 bits per heavy atom. The summed E-state index contributed by atoms with van der Waals surface area (Å²) in [4.78, 5) is 1.60. The van der Waals surface area contributed by atoms with E-state index in [1.165, 1.54) is 0 Å². The highest BCUT2D eigenvalue weighted by Gasteiger charge is 2.57. The van der Waals surface area contributed by atoms with Gasteiger partial charge in [0.25, 0.3) is 0 Å². The lowest BCUT2D eigenvalue weighted by atomic mass is 10.0. The summed E-state index contributed by atoms with van der Waals surface area (Å²) in [5.41, 5.74) is -2.51. The van der Waals surface area contributed by atoms with Crippen molar-refractivity contribution in [3.05, 3.63) is 0 Å². The van der Waals surface area contributed by atoms with Gasteiger partial charge in [-0.15, -0.1) is 0 Å². The zero-order chi connectivity index (χ0) is 10.4. The molecule has 2 saturated heterocycles. The third kappa shape index (κ3) is 1.87. The lowest BCUT2D eigenvalue weighted by molar-refractivity contribution is -0.253. The van der Waals surface area contributed by atoms with Crippen molar-refractivity contribution in [2.45, 2.75) is 24.3 Å². The lowest BCUT2D eigenvalue weighted by Crippen LogP contribution is -2.47. The van der Waals surface area contributed by atoms with E-state index in [1.54, 1.807) is 4.90 Å². The van der Waals surface area contributed by atoms with E-state index in [1.807, 2.05) is 0 Å². The van der Waals surface area contributed by atoms with Gasteiger partial charge >= 0.3 is 6.18 Å². The topological polar surface area (TPSA) is 36.0 Å². The first-order chi connectivity index (χ1) is 6.41. The van der Waals surface area contributed by atoms with E-state index in [4.69, 9.17) is 4.74 Å². The molecule has 3 nitrogen and oxygen atoms in total. The quantitative estimate of drug-likeness (QED) is 0.671. The predicted octanol–water partition coefficient (Wildman–Crippen LogP) is 0.384. The first-order valence-electron chi connectivity index (χ1n) is 4.54. The van der Waals surface area contributed by atoms with Gasteiger partial charge in [0, 0.05) is 19.6 Å². The molecule has 2 aliphatic heterocycles. The Labute approximate surface area is 79.4 Å². The maximum Gasteiger partial charge on any atom is 0.418 e. The molecular weight excluding hydrogens is 199 g/mol. The van der Waals surface area contributed by atoms with Crippen LogP contribution in [0.5, 0.6) is 0 Å². The fourth-order valence-corrected chi connectivity index (χ4v) is 1.72. The molecule has 0 aromatic rings. The number of alkyl halides is 3. The van der Waals surface area contributed by atoms with Crippen molar-refractivity contribution in [1.82, 2.24) is 4.90 Å². The molecule has 1 N–H and O–H groups in total. The monoisotopic (exact) mass is 211 g/mol. The van der Waals surface area contributed by atoms with E-state index in [0.717, 1.165) is 0 Å². The van der Waals surface area contributed by atoms with Gasteiger partial charge in [0.15, 0.2) is 5.60 Å². The van der Waals surface area contributed by atoms with Crippen LogP contribution in [-0.2, 0) is 4.74 Å². The van der Waals surface area contributed by atoms with E-state index in [2.05, 4.69) is 0 Å². The van der Waals surface area contributed by atoms with Crippen LogP contribution in [0.15, 0.2) is 0 Å². The summed E-state index contributed by atoms with van der Waals surface area (Å²) in [6.45, 7) is 1.09. The smallest absolute Gasteiger partial charge is 0.379 e. The van der Waals surface area contributed by atoms with Crippen molar-refractivity contribution in [3.8, 4) is 0 Å². The molecule has 82 valence electrons. The summed E-state index contributed by atoms with van der Waals surface area (Å²) in [6, 6.07) is 0. The molecule has 0 radical (unpaired) electrons. The third-order valence-corrected chi connectivity index (χ3v) is 2.72. The number of hydrogen-bond donors (Lipinski definition) is 1. The fourth-order valence-electron chi connectivity index (χ4n) is 1.72. The Kier molecular flexibility index (Phi) is 2.24. The van der Waals surface area contributed by atoms with Gasteiger partial charge < -0.3 is 9.84 Å². The molecule has 0 aromatic heterocycles. The van der Waals surface area contributed by atoms with Crippen LogP contribution < -0.4 is 0 Å². The molecule has 6 heteroatoms. The average Bonchev–Trinajstić information content (AvgIpc) is 2.74. The number of nitrogens with zero attached hydrogens (tertiary/aromatic N) is 1. The Morgan fingerprint density at radius 3 is 2.57 bits per heavy atom. The van der Waals surface area contributed by atoms with Gasteiger partial charge in [-0.2, -0.15) is 13.2 Å². The molecule has 0 bridgehead atoms. The Morgan fingerprint density at radius 1 is 1.50 bits per heavy atom. The van der Waals surface area contributed by atoms with Gasteiger partial charge in [-0.25, -0.2) is 0 Å². The van der Waals surface area contributed by atoms with Crippen molar-refractivity contribution in [2.24, 2.45) is 0 Å². The van der Waals surface area contributed by atoms with Crippen LogP contribution in [0.4, 0.5) is 13.2 Å². The summed E-state index contributed by atoms with van der Waals surface area (Å²) < 4.78 is 42.0. The summed E-state index contributed by atoms with van der Waals surface area (Å²) in [5.74, 6) is 0. The van der Waals surface area contributed by atoms with Crippen molar-refractivity contribution in [3.63, 3.8) is 0 Å². The number of rotatable bonds is 2. The summed E-state index contributed by atoms with van der Waals surface area (Å²) in [7, 11) is 0. The largest absolute Gasteiger partial charge is 0.418 e. The zero-order valence-corrected chi connectivity index (χ0v) is 7.55. The highest BCUT2D eigenvalue weighted by atomic mass is 19.4. The maximum atomic E-state index is 12.4. The predicted molar refractivity (Wildman–Crippen MR) is 41.8 cm³/mol. The molecule has 0 aliphatic carbocycles. The van der Waals surface area contributed by atoms with E-state index < -0.39 is 11.8 Å². The summed E-state index contributed by atoms with van der Waals surface area (Å²) >= 11 is 0. The number of ether oxygens (including phenoxy) is 1. The van der Waals surface area contributed by atoms with Gasteiger partial charge in [-0.05, 0) is 6.42 Å². The minimum atomic E-state index is -4.52. The van der Waals surface area contributed by atoms with Crippen molar-refractivity contribution in [1.29, 1.82) is 0 Å². The molecule has 0 aromatic carbocycles. The molecule has 2 atom stereocenters. The normalized spacial score (nSPS) is 39.0. The van der Waals surface area contributed by atoms with Crippen LogP contribution in [-0.4, -0.2) is 54.1 Å². The van der Waals surface area contributed by atoms with E-state index in [0.29, 0.717) is 13.2 Å². The van der Waals surface area contributed by atoms with Gasteiger partial charge in [-0.3, -0.25) is 4.90 Å². The minimum Gasteiger partial charge on any atom is -0.379 e. The van der Waals surface area contributed by atoms with Gasteiger partial charge in [0.2, 0.25) is 0 Å². The average molecular weight is 211 g/mol. The van der Waals surface area contributed by atoms with E-state index in [-0.39, 0.29) is 25.6 Å². The Balaban J connectivity index is 1.91. The second-order valence-corrected chi connectivity index (χ2v) is 3.97. The number of aliphatic hydroxyl groups is 1. The molecule has 0 spiro atoms. The minimum absolute atomic E-state index is 0.0746. The third-order valence-electron chi connectivity index (χ3n) is 2.72. The van der Waals surface area contributed by atoms with Crippen LogP contribution in [0.2, 0.25) is 0 Å². The Bertz CT molecular complexity index is 229. The molecule has 0 amide bonds. The number of β-amino-alcohol motifs (C(OH)–C–C–N with tert-alkyl or cyclic N) is 1. The van der Waals surface area contributed by atoms with Gasteiger partial charge in [0.05, 0.1) is 12.7 Å². The molecule has 1 unspecified atom stereocenters. The second kappa shape index (κ2) is 3.08. The molecule has 2 aliphatic rings. The Hall–Kier alpha value is -0.330. The van der Waals surface area contributed by atoms with Crippen LogP contribution in [0, 0.1) is 0 Å². The summed E-state index contributed by atoms with van der Waals surface area (Å²) in [5, 5.41) is 9.32. The standard InChI is InChI=1S/C8H12F3NO2/c9-8(10,11)7(13)1-2-12(5-7)3-6-4-14-6/h6,13H,1-5H2/t6-,7?/m0/s1. The highest BCUT2D eigenvalue weighted by Crippen LogP contribution is 2.37. The SMILES string of the molecule is OC1(C(F)(F)F)CCN(C[C@H]2CO2)C1. The molecule has 0 saturated carbocycles. The van der Waals surface area contributed by atoms with Gasteiger partial charge in [0.1, 0.15) is 0 Å². The van der Waals surface area contributed by atoms with Crippen LogP contribution in [0.1, 0.15) is 6.42 Å². The van der Waals surface area contributed by atoms with Crippen molar-refractivity contribution < 1.29 is 23.0 Å². The molecule has 2 fully saturated rings. The number of likely N-dealkylation sites (tertiary alicyclic amines) is 1. The maximum absolute atomic E-state index is 12.4. The number of hydrogen-bond acceptors (Lipinski definition) is 3. The molecule has 2 rings (SSSR count). The first-order valence-corrected chi connectivity index (χ1v) is 4.54. The number of epoxide rings is 1. The highest BCUT2D eigenvalue weighted by molar-refractivity contribution is 4.96. The van der Waals surface area contributed by atoms with Crippen LogP contribution in [0.25, 0.3) is 0 Å². The van der Waals surface area contributed by atoms with Crippen molar-refractivity contribution in [2.75, 3.05) is 26.2 Å². The summed E-state index contributed by atoms with van der Waals surface area (Å²) in [6.07, 6.45) is -4.68. The van der Waals surface area contributed by atoms with Crippen LogP contribution >= 0.6 is 0 Å². The molecule has 2 heterocycles. The fraction of sp³-hybridized carbons (Fsp3) is 1.00. The van der Waals surface area contributed by atoms with Gasteiger partial charge in [-0.1, -0.05) is 0 Å². The van der Waals surface area contributed by atoms with E-state index >= 15 is 0 Å².